The van der Waals surface area contributed by atoms with Crippen LogP contribution in [-0.4, -0.2) is 14.9 Å². The first-order chi connectivity index (χ1) is 9.52. The Hall–Kier alpha value is -1.33. The lowest BCUT2D eigenvalue weighted by molar-refractivity contribution is 0.173. The molecule has 1 aromatic heterocycles. The molecule has 0 spiro atoms. The van der Waals surface area contributed by atoms with Crippen molar-refractivity contribution in [3.63, 3.8) is 0 Å². The van der Waals surface area contributed by atoms with Crippen molar-refractivity contribution in [1.82, 2.24) is 9.78 Å². The minimum Gasteiger partial charge on any atom is -0.487 e. The minimum absolute atomic E-state index is 0.405. The molecule has 20 heavy (non-hydrogen) atoms. The summed E-state index contributed by atoms with van der Waals surface area (Å²) >= 11 is 3.52. The smallest absolute Gasteiger partial charge is 0.131 e. The van der Waals surface area contributed by atoms with Gasteiger partial charge >= 0.3 is 0 Å². The molecule has 0 saturated carbocycles. The van der Waals surface area contributed by atoms with Gasteiger partial charge in [-0.05, 0) is 47.0 Å². The SMILES string of the molecule is CC[C@@H](O)c1ccc(OCc2c(Br)c(C)nn2C)cc1. The van der Waals surface area contributed by atoms with E-state index in [2.05, 4.69) is 21.0 Å². The van der Waals surface area contributed by atoms with Crippen molar-refractivity contribution in [3.05, 3.63) is 45.7 Å². The normalized spacial score (nSPS) is 12.4. The molecule has 0 saturated heterocycles. The van der Waals surface area contributed by atoms with Gasteiger partial charge in [-0.1, -0.05) is 19.1 Å². The summed E-state index contributed by atoms with van der Waals surface area (Å²) in [5.74, 6) is 0.780. The van der Waals surface area contributed by atoms with Gasteiger partial charge in [0.2, 0.25) is 0 Å². The molecular formula is C15H19BrN2O2. The molecule has 0 fully saturated rings. The van der Waals surface area contributed by atoms with Crippen LogP contribution < -0.4 is 4.74 Å². The van der Waals surface area contributed by atoms with E-state index in [1.54, 1.807) is 0 Å². The third kappa shape index (κ3) is 3.22. The maximum Gasteiger partial charge on any atom is 0.131 e. The summed E-state index contributed by atoms with van der Waals surface area (Å²) < 4.78 is 8.56. The second-order valence-electron chi connectivity index (χ2n) is 4.75. The molecule has 0 aliphatic carbocycles. The van der Waals surface area contributed by atoms with Crippen LogP contribution in [-0.2, 0) is 13.7 Å². The van der Waals surface area contributed by atoms with Crippen LogP contribution in [0.2, 0.25) is 0 Å². The Morgan fingerprint density at radius 2 is 2.00 bits per heavy atom. The largest absolute Gasteiger partial charge is 0.487 e. The first kappa shape index (κ1) is 15.1. The lowest BCUT2D eigenvalue weighted by Crippen LogP contribution is -2.04. The maximum atomic E-state index is 9.74. The van der Waals surface area contributed by atoms with Crippen LogP contribution in [0.5, 0.6) is 5.75 Å². The Balaban J connectivity index is 2.04. The number of aromatic nitrogens is 2. The number of ether oxygens (including phenoxy) is 1. The van der Waals surface area contributed by atoms with E-state index in [0.717, 1.165) is 27.2 Å². The van der Waals surface area contributed by atoms with Gasteiger partial charge in [-0.25, -0.2) is 0 Å². The number of rotatable bonds is 5. The maximum absolute atomic E-state index is 9.74. The Morgan fingerprint density at radius 3 is 2.50 bits per heavy atom. The second-order valence-corrected chi connectivity index (χ2v) is 5.54. The van der Waals surface area contributed by atoms with Crippen molar-refractivity contribution >= 4 is 15.9 Å². The van der Waals surface area contributed by atoms with Crippen LogP contribution >= 0.6 is 15.9 Å². The molecule has 2 aromatic rings. The van der Waals surface area contributed by atoms with Gasteiger partial charge in [-0.2, -0.15) is 5.10 Å². The molecule has 5 heteroatoms. The van der Waals surface area contributed by atoms with Crippen molar-refractivity contribution in [2.75, 3.05) is 0 Å². The number of aryl methyl sites for hydroxylation is 2. The lowest BCUT2D eigenvalue weighted by Gasteiger charge is -2.10. The van der Waals surface area contributed by atoms with Crippen LogP contribution in [0.3, 0.4) is 0 Å². The Morgan fingerprint density at radius 1 is 1.35 bits per heavy atom. The molecule has 0 aliphatic rings. The number of aliphatic hydroxyl groups is 1. The van der Waals surface area contributed by atoms with Gasteiger partial charge in [0.1, 0.15) is 12.4 Å². The number of aliphatic hydroxyl groups excluding tert-OH is 1. The van der Waals surface area contributed by atoms with Gasteiger partial charge in [-0.15, -0.1) is 0 Å². The Labute approximate surface area is 127 Å². The van der Waals surface area contributed by atoms with Crippen LogP contribution in [0.4, 0.5) is 0 Å². The molecule has 4 nitrogen and oxygen atoms in total. The molecule has 1 atom stereocenters. The number of benzene rings is 1. The number of nitrogens with zero attached hydrogens (tertiary/aromatic N) is 2. The summed E-state index contributed by atoms with van der Waals surface area (Å²) in [5.41, 5.74) is 2.87. The van der Waals surface area contributed by atoms with E-state index in [1.165, 1.54) is 0 Å². The zero-order valence-electron chi connectivity index (χ0n) is 11.9. The molecular weight excluding hydrogens is 320 g/mol. The van der Waals surface area contributed by atoms with E-state index in [9.17, 15) is 5.11 Å². The first-order valence-corrected chi connectivity index (χ1v) is 7.41. The molecule has 0 radical (unpaired) electrons. The topological polar surface area (TPSA) is 47.3 Å². The zero-order chi connectivity index (χ0) is 14.7. The summed E-state index contributed by atoms with van der Waals surface area (Å²) in [6, 6.07) is 7.55. The highest BCUT2D eigenvalue weighted by Gasteiger charge is 2.11. The number of hydrogen-bond acceptors (Lipinski definition) is 3. The molecule has 0 aliphatic heterocycles. The molecule has 0 amide bonds. The number of hydrogen-bond donors (Lipinski definition) is 1. The summed E-state index contributed by atoms with van der Waals surface area (Å²) in [4.78, 5) is 0. The van der Waals surface area contributed by atoms with Crippen molar-refractivity contribution in [1.29, 1.82) is 0 Å². The van der Waals surface area contributed by atoms with Crippen molar-refractivity contribution in [2.24, 2.45) is 7.05 Å². The van der Waals surface area contributed by atoms with Gasteiger partial charge in [0, 0.05) is 7.05 Å². The van der Waals surface area contributed by atoms with Gasteiger partial charge in [0.15, 0.2) is 0 Å². The standard InChI is InChI=1S/C15H19BrN2O2/c1-4-14(19)11-5-7-12(8-6-11)20-9-13-15(16)10(2)17-18(13)3/h5-8,14,19H,4,9H2,1-3H3/t14-/m1/s1. The minimum atomic E-state index is -0.405. The van der Waals surface area contributed by atoms with E-state index in [0.29, 0.717) is 13.0 Å². The average Bonchev–Trinajstić information content (AvgIpc) is 2.70. The summed E-state index contributed by atoms with van der Waals surface area (Å²) in [6.45, 7) is 4.36. The van der Waals surface area contributed by atoms with E-state index in [4.69, 9.17) is 4.74 Å². The quantitative estimate of drug-likeness (QED) is 0.907. The predicted octanol–water partition coefficient (Wildman–Crippen LogP) is 3.51. The van der Waals surface area contributed by atoms with Gasteiger partial charge < -0.3 is 9.84 Å². The van der Waals surface area contributed by atoms with E-state index >= 15 is 0 Å². The fraction of sp³-hybridized carbons (Fsp3) is 0.400. The molecule has 0 bridgehead atoms. The highest BCUT2D eigenvalue weighted by Crippen LogP contribution is 2.23. The molecule has 0 unspecified atom stereocenters. The van der Waals surface area contributed by atoms with E-state index in [1.807, 2.05) is 49.8 Å². The van der Waals surface area contributed by atoms with Gasteiger partial charge in [0.05, 0.1) is 22.0 Å². The lowest BCUT2D eigenvalue weighted by atomic mass is 10.1. The highest BCUT2D eigenvalue weighted by molar-refractivity contribution is 9.10. The van der Waals surface area contributed by atoms with Crippen LogP contribution in [0.15, 0.2) is 28.7 Å². The molecule has 1 aromatic carbocycles. The highest BCUT2D eigenvalue weighted by atomic mass is 79.9. The zero-order valence-corrected chi connectivity index (χ0v) is 13.5. The summed E-state index contributed by atoms with van der Waals surface area (Å²) in [5, 5.41) is 14.1. The third-order valence-corrected chi connectivity index (χ3v) is 4.32. The van der Waals surface area contributed by atoms with Gasteiger partial charge in [-0.3, -0.25) is 4.68 Å². The number of halogens is 1. The molecule has 1 heterocycles. The molecule has 108 valence electrons. The van der Waals surface area contributed by atoms with Crippen LogP contribution in [0.1, 0.15) is 36.4 Å². The van der Waals surface area contributed by atoms with E-state index < -0.39 is 6.10 Å². The van der Waals surface area contributed by atoms with Crippen molar-refractivity contribution in [3.8, 4) is 5.75 Å². The fourth-order valence-electron chi connectivity index (χ4n) is 2.01. The van der Waals surface area contributed by atoms with E-state index in [-0.39, 0.29) is 0 Å². The second kappa shape index (κ2) is 6.41. The Kier molecular flexibility index (Phi) is 4.83. The summed E-state index contributed by atoms with van der Waals surface area (Å²) in [7, 11) is 1.90. The average molecular weight is 339 g/mol. The van der Waals surface area contributed by atoms with Crippen molar-refractivity contribution < 1.29 is 9.84 Å². The van der Waals surface area contributed by atoms with Crippen LogP contribution in [0.25, 0.3) is 0 Å². The van der Waals surface area contributed by atoms with Gasteiger partial charge in [0.25, 0.3) is 0 Å². The fourth-order valence-corrected chi connectivity index (χ4v) is 2.46. The first-order valence-electron chi connectivity index (χ1n) is 6.61. The summed E-state index contributed by atoms with van der Waals surface area (Å²) in [6.07, 6.45) is 0.305. The molecule has 1 N–H and O–H groups in total. The molecule has 2 rings (SSSR count). The Bertz CT molecular complexity index is 578. The monoisotopic (exact) mass is 338 g/mol. The van der Waals surface area contributed by atoms with Crippen LogP contribution in [0, 0.1) is 6.92 Å². The third-order valence-electron chi connectivity index (χ3n) is 3.29. The van der Waals surface area contributed by atoms with Crippen molar-refractivity contribution in [2.45, 2.75) is 33.0 Å². The predicted molar refractivity (Wildman–Crippen MR) is 81.7 cm³/mol.